The van der Waals surface area contributed by atoms with Gasteiger partial charge in [0.25, 0.3) is 5.91 Å². The summed E-state index contributed by atoms with van der Waals surface area (Å²) in [5, 5.41) is 1.17. The van der Waals surface area contributed by atoms with Gasteiger partial charge in [-0.25, -0.2) is 4.79 Å². The number of hydrogen-bond donors (Lipinski definition) is 0. The Kier molecular flexibility index (Phi) is 5.63. The molecule has 1 aromatic heterocycles. The molecular formula is C26H17Cl2NO5. The van der Waals surface area contributed by atoms with Crippen LogP contribution in [0.1, 0.15) is 43.6 Å². The van der Waals surface area contributed by atoms with Gasteiger partial charge in [-0.1, -0.05) is 53.5 Å². The van der Waals surface area contributed by atoms with Crippen LogP contribution in [-0.4, -0.2) is 23.9 Å². The zero-order chi connectivity index (χ0) is 24.0. The zero-order valence-electron chi connectivity index (χ0n) is 17.9. The van der Waals surface area contributed by atoms with Gasteiger partial charge >= 0.3 is 5.97 Å². The lowest BCUT2D eigenvalue weighted by Crippen LogP contribution is -2.29. The van der Waals surface area contributed by atoms with Gasteiger partial charge in [0.15, 0.2) is 5.43 Å². The third kappa shape index (κ3) is 3.65. The first-order chi connectivity index (χ1) is 16.4. The molecule has 170 valence electrons. The van der Waals surface area contributed by atoms with Crippen molar-refractivity contribution in [3.63, 3.8) is 0 Å². The highest BCUT2D eigenvalue weighted by Crippen LogP contribution is 2.40. The Morgan fingerprint density at radius 1 is 1.03 bits per heavy atom. The summed E-state index contributed by atoms with van der Waals surface area (Å²) in [5.74, 6) is -0.928. The van der Waals surface area contributed by atoms with E-state index in [0.29, 0.717) is 21.2 Å². The van der Waals surface area contributed by atoms with Crippen LogP contribution >= 0.6 is 23.2 Å². The first-order valence-electron chi connectivity index (χ1n) is 10.4. The van der Waals surface area contributed by atoms with Gasteiger partial charge < -0.3 is 14.1 Å². The standard InChI is InChI=1S/C26H17Cl2NO5/c1-33-26(32)15-8-6-14(7-9-15)22-21-23(30)18-12-17(27)10-11-20(18)34-24(21)25(31)29(22)13-16-4-2-3-5-19(16)28/h2-12,22H,13H2,1H3. The van der Waals surface area contributed by atoms with E-state index in [0.717, 1.165) is 5.56 Å². The number of rotatable bonds is 4. The van der Waals surface area contributed by atoms with Crippen LogP contribution in [0.5, 0.6) is 0 Å². The smallest absolute Gasteiger partial charge is 0.337 e. The predicted octanol–water partition coefficient (Wildman–Crippen LogP) is 5.63. The molecule has 8 heteroatoms. The summed E-state index contributed by atoms with van der Waals surface area (Å²) in [6.07, 6.45) is 0. The Labute approximate surface area is 204 Å². The van der Waals surface area contributed by atoms with Crippen LogP contribution in [0, 0.1) is 0 Å². The molecule has 1 aliphatic rings. The number of carbonyl (C=O) groups excluding carboxylic acids is 2. The van der Waals surface area contributed by atoms with E-state index < -0.39 is 17.9 Å². The maximum Gasteiger partial charge on any atom is 0.337 e. The van der Waals surface area contributed by atoms with Crippen LogP contribution < -0.4 is 5.43 Å². The number of ether oxygens (including phenoxy) is 1. The fraction of sp³-hybridized carbons (Fsp3) is 0.115. The van der Waals surface area contributed by atoms with Gasteiger partial charge in [0.2, 0.25) is 5.76 Å². The molecule has 0 saturated carbocycles. The molecule has 6 nitrogen and oxygen atoms in total. The van der Waals surface area contributed by atoms with Gasteiger partial charge in [0.1, 0.15) is 5.58 Å². The molecule has 1 amide bonds. The van der Waals surface area contributed by atoms with E-state index in [-0.39, 0.29) is 34.3 Å². The summed E-state index contributed by atoms with van der Waals surface area (Å²) in [7, 11) is 1.30. The van der Waals surface area contributed by atoms with Crippen molar-refractivity contribution in [2.75, 3.05) is 7.11 Å². The maximum absolute atomic E-state index is 13.6. The van der Waals surface area contributed by atoms with E-state index in [9.17, 15) is 14.4 Å². The lowest BCUT2D eigenvalue weighted by Gasteiger charge is -2.25. The lowest BCUT2D eigenvalue weighted by molar-refractivity contribution is 0.0599. The molecule has 0 spiro atoms. The molecule has 0 radical (unpaired) electrons. The molecule has 2 heterocycles. The van der Waals surface area contributed by atoms with Gasteiger partial charge in [-0.15, -0.1) is 0 Å². The number of halogens is 2. The fourth-order valence-corrected chi connectivity index (χ4v) is 4.60. The maximum atomic E-state index is 13.6. The minimum Gasteiger partial charge on any atom is -0.465 e. The number of methoxy groups -OCH3 is 1. The van der Waals surface area contributed by atoms with Crippen molar-refractivity contribution in [1.29, 1.82) is 0 Å². The molecule has 34 heavy (non-hydrogen) atoms. The molecular weight excluding hydrogens is 477 g/mol. The summed E-state index contributed by atoms with van der Waals surface area (Å²) < 4.78 is 10.7. The summed E-state index contributed by atoms with van der Waals surface area (Å²) in [5.41, 5.74) is 1.88. The molecule has 1 aliphatic heterocycles. The molecule has 0 saturated heterocycles. The van der Waals surface area contributed by atoms with E-state index in [1.807, 2.05) is 12.1 Å². The van der Waals surface area contributed by atoms with E-state index in [4.69, 9.17) is 32.4 Å². The number of amides is 1. The number of esters is 1. The van der Waals surface area contributed by atoms with Crippen molar-refractivity contribution in [2.24, 2.45) is 0 Å². The van der Waals surface area contributed by atoms with Crippen LogP contribution in [0.25, 0.3) is 11.0 Å². The monoisotopic (exact) mass is 493 g/mol. The van der Waals surface area contributed by atoms with Gasteiger partial charge in [0, 0.05) is 16.6 Å². The summed E-state index contributed by atoms with van der Waals surface area (Å²) in [4.78, 5) is 40.6. The highest BCUT2D eigenvalue weighted by Gasteiger charge is 2.43. The van der Waals surface area contributed by atoms with E-state index in [2.05, 4.69) is 0 Å². The Bertz CT molecular complexity index is 1510. The minimum atomic E-state index is -0.745. The Hall–Kier alpha value is -3.61. The van der Waals surface area contributed by atoms with Crippen molar-refractivity contribution in [3.8, 4) is 0 Å². The Morgan fingerprint density at radius 3 is 2.47 bits per heavy atom. The molecule has 1 unspecified atom stereocenters. The Morgan fingerprint density at radius 2 is 1.76 bits per heavy atom. The quantitative estimate of drug-likeness (QED) is 0.344. The van der Waals surface area contributed by atoms with E-state index >= 15 is 0 Å². The van der Waals surface area contributed by atoms with E-state index in [1.165, 1.54) is 13.2 Å². The van der Waals surface area contributed by atoms with Gasteiger partial charge in [0.05, 0.1) is 29.7 Å². The third-order valence-electron chi connectivity index (χ3n) is 5.87. The second-order valence-electron chi connectivity index (χ2n) is 7.86. The largest absolute Gasteiger partial charge is 0.465 e. The van der Waals surface area contributed by atoms with Gasteiger partial charge in [-0.3, -0.25) is 9.59 Å². The van der Waals surface area contributed by atoms with Crippen molar-refractivity contribution in [2.45, 2.75) is 12.6 Å². The normalized spacial score (nSPS) is 15.0. The third-order valence-corrected chi connectivity index (χ3v) is 6.48. The molecule has 0 aliphatic carbocycles. The lowest BCUT2D eigenvalue weighted by atomic mass is 9.97. The number of fused-ring (bicyclic) bond motifs is 2. The van der Waals surface area contributed by atoms with E-state index in [1.54, 1.807) is 53.4 Å². The zero-order valence-corrected chi connectivity index (χ0v) is 19.4. The van der Waals surface area contributed by atoms with Crippen LogP contribution in [0.15, 0.2) is 75.9 Å². The summed E-state index contributed by atoms with van der Waals surface area (Å²) in [6.45, 7) is 0.155. The molecule has 1 atom stereocenters. The second kappa shape index (κ2) is 8.63. The average Bonchev–Trinajstić information content (AvgIpc) is 3.12. The molecule has 0 bridgehead atoms. The highest BCUT2D eigenvalue weighted by atomic mass is 35.5. The number of nitrogens with zero attached hydrogens (tertiary/aromatic N) is 1. The molecule has 0 fully saturated rings. The van der Waals surface area contributed by atoms with Crippen LogP contribution in [-0.2, 0) is 11.3 Å². The number of hydrogen-bond acceptors (Lipinski definition) is 5. The van der Waals surface area contributed by atoms with Crippen LogP contribution in [0.3, 0.4) is 0 Å². The van der Waals surface area contributed by atoms with Gasteiger partial charge in [-0.2, -0.15) is 0 Å². The first-order valence-corrected chi connectivity index (χ1v) is 11.1. The summed E-state index contributed by atoms with van der Waals surface area (Å²) >= 11 is 12.5. The second-order valence-corrected chi connectivity index (χ2v) is 8.70. The SMILES string of the molecule is COC(=O)c1ccc(C2c3c(oc4ccc(Cl)cc4c3=O)C(=O)N2Cc2ccccc2Cl)cc1. The highest BCUT2D eigenvalue weighted by molar-refractivity contribution is 6.31. The number of benzene rings is 3. The summed E-state index contributed by atoms with van der Waals surface area (Å²) in [6, 6.07) is 17.7. The first kappa shape index (κ1) is 22.2. The van der Waals surface area contributed by atoms with Gasteiger partial charge in [-0.05, 0) is 47.5 Å². The average molecular weight is 494 g/mol. The number of carbonyl (C=O) groups is 2. The Balaban J connectivity index is 1.70. The predicted molar refractivity (Wildman–Crippen MR) is 128 cm³/mol. The molecule has 4 aromatic rings. The molecule has 3 aromatic carbocycles. The van der Waals surface area contributed by atoms with Crippen molar-refractivity contribution in [1.82, 2.24) is 4.90 Å². The van der Waals surface area contributed by atoms with Crippen molar-refractivity contribution >= 4 is 46.0 Å². The van der Waals surface area contributed by atoms with Crippen LogP contribution in [0.2, 0.25) is 10.0 Å². The van der Waals surface area contributed by atoms with Crippen LogP contribution in [0.4, 0.5) is 0 Å². The van der Waals surface area contributed by atoms with Crippen molar-refractivity contribution < 1.29 is 18.7 Å². The van der Waals surface area contributed by atoms with Crippen molar-refractivity contribution in [3.05, 3.63) is 115 Å². The molecule has 5 rings (SSSR count). The fourth-order valence-electron chi connectivity index (χ4n) is 4.23. The topological polar surface area (TPSA) is 76.8 Å². The minimum absolute atomic E-state index is 0.0195. The molecule has 0 N–H and O–H groups in total.